The number of para-hydroxylation sites is 2. The Morgan fingerprint density at radius 3 is 2.33 bits per heavy atom. The number of amides is 1. The zero-order valence-electron chi connectivity index (χ0n) is 19.7. The lowest BCUT2D eigenvalue weighted by Gasteiger charge is -2.26. The summed E-state index contributed by atoms with van der Waals surface area (Å²) in [7, 11) is 0. The normalized spacial score (nSPS) is 14.0. The highest BCUT2D eigenvalue weighted by Crippen LogP contribution is 2.33. The van der Waals surface area contributed by atoms with Crippen LogP contribution in [0.5, 0.6) is 11.5 Å². The summed E-state index contributed by atoms with van der Waals surface area (Å²) in [6.07, 6.45) is 0. The molecule has 9 heteroatoms. The zero-order valence-corrected chi connectivity index (χ0v) is 19.7. The van der Waals surface area contributed by atoms with Crippen LogP contribution < -0.4 is 5.32 Å². The number of nitrogens with zero attached hydrogens (tertiary/aromatic N) is 4. The van der Waals surface area contributed by atoms with E-state index in [1.54, 1.807) is 71.4 Å². The molecule has 0 unspecified atom stereocenters. The Bertz CT molecular complexity index is 1360. The number of benzene rings is 3. The summed E-state index contributed by atoms with van der Waals surface area (Å²) < 4.78 is 6.94. The van der Waals surface area contributed by atoms with E-state index in [4.69, 9.17) is 4.74 Å². The molecule has 1 aliphatic rings. The number of aromatic nitrogens is 3. The van der Waals surface area contributed by atoms with Crippen LogP contribution in [0.2, 0.25) is 0 Å². The molecule has 3 aromatic carbocycles. The molecule has 0 spiro atoms. The quantitative estimate of drug-likeness (QED) is 0.369. The van der Waals surface area contributed by atoms with Crippen LogP contribution in [-0.4, -0.2) is 75.2 Å². The average Bonchev–Trinajstić information content (AvgIpc) is 3.35. The van der Waals surface area contributed by atoms with Gasteiger partial charge in [-0.15, -0.1) is 5.10 Å². The maximum absolute atomic E-state index is 12.9. The van der Waals surface area contributed by atoms with Gasteiger partial charge >= 0.3 is 0 Å². The molecule has 1 saturated heterocycles. The van der Waals surface area contributed by atoms with E-state index in [0.717, 1.165) is 32.8 Å². The molecule has 3 N–H and O–H groups in total. The number of carbonyl (C=O) groups excluding carboxylic acids is 1. The van der Waals surface area contributed by atoms with Gasteiger partial charge in [0, 0.05) is 31.7 Å². The van der Waals surface area contributed by atoms with Crippen LogP contribution in [0.4, 0.5) is 0 Å². The van der Waals surface area contributed by atoms with Gasteiger partial charge in [0.25, 0.3) is 5.91 Å². The van der Waals surface area contributed by atoms with Gasteiger partial charge in [-0.2, -0.15) is 0 Å². The summed E-state index contributed by atoms with van der Waals surface area (Å²) in [6.45, 7) is 4.47. The van der Waals surface area contributed by atoms with Gasteiger partial charge in [-0.1, -0.05) is 30.3 Å². The number of morpholine rings is 1. The summed E-state index contributed by atoms with van der Waals surface area (Å²) in [5.41, 5.74) is 2.03. The molecule has 2 heterocycles. The van der Waals surface area contributed by atoms with Crippen LogP contribution >= 0.6 is 0 Å². The van der Waals surface area contributed by atoms with Crippen molar-refractivity contribution in [2.24, 2.45) is 0 Å². The maximum atomic E-state index is 12.9. The maximum Gasteiger partial charge on any atom is 0.251 e. The Hall–Kier alpha value is -4.21. The van der Waals surface area contributed by atoms with Crippen molar-refractivity contribution in [3.63, 3.8) is 0 Å². The van der Waals surface area contributed by atoms with E-state index < -0.39 is 0 Å². The highest BCUT2D eigenvalue weighted by atomic mass is 16.5. The molecule has 0 radical (unpaired) electrons. The molecule has 0 atom stereocenters. The van der Waals surface area contributed by atoms with Crippen LogP contribution in [0.1, 0.15) is 10.4 Å². The number of ether oxygens (including phenoxy) is 1. The van der Waals surface area contributed by atoms with Crippen molar-refractivity contribution in [2.75, 3.05) is 39.4 Å². The third-order valence-electron chi connectivity index (χ3n) is 6.07. The van der Waals surface area contributed by atoms with Crippen LogP contribution in [0.25, 0.3) is 28.5 Å². The molecule has 36 heavy (non-hydrogen) atoms. The SMILES string of the molecule is O=C(NCCN1CCOCC1)c1cccc(-n2nc(-c3ccccc3O)nc2-c2ccccc2O)c1. The lowest BCUT2D eigenvalue weighted by Crippen LogP contribution is -2.41. The minimum absolute atomic E-state index is 0.0480. The van der Waals surface area contributed by atoms with Crippen molar-refractivity contribution in [2.45, 2.75) is 0 Å². The van der Waals surface area contributed by atoms with E-state index in [9.17, 15) is 15.0 Å². The van der Waals surface area contributed by atoms with Gasteiger partial charge in [0.05, 0.1) is 30.0 Å². The smallest absolute Gasteiger partial charge is 0.251 e. The van der Waals surface area contributed by atoms with Crippen molar-refractivity contribution >= 4 is 5.91 Å². The molecule has 184 valence electrons. The second-order valence-corrected chi connectivity index (χ2v) is 8.47. The predicted molar refractivity (Wildman–Crippen MR) is 135 cm³/mol. The van der Waals surface area contributed by atoms with E-state index in [1.807, 2.05) is 6.07 Å². The number of phenols is 2. The highest BCUT2D eigenvalue weighted by Gasteiger charge is 2.20. The molecule has 1 aliphatic heterocycles. The molecular formula is C27H27N5O4. The van der Waals surface area contributed by atoms with Crippen LogP contribution in [0.15, 0.2) is 72.8 Å². The Balaban J connectivity index is 1.45. The van der Waals surface area contributed by atoms with Crippen LogP contribution in [-0.2, 0) is 4.74 Å². The summed E-state index contributed by atoms with van der Waals surface area (Å²) in [5, 5.41) is 28.5. The van der Waals surface area contributed by atoms with Crippen molar-refractivity contribution in [3.05, 3.63) is 78.4 Å². The average molecular weight is 486 g/mol. The van der Waals surface area contributed by atoms with Crippen LogP contribution in [0.3, 0.4) is 0 Å². The highest BCUT2D eigenvalue weighted by molar-refractivity contribution is 5.94. The van der Waals surface area contributed by atoms with Crippen molar-refractivity contribution in [3.8, 4) is 40.0 Å². The second kappa shape index (κ2) is 10.6. The lowest BCUT2D eigenvalue weighted by atomic mass is 10.1. The number of nitrogens with one attached hydrogen (secondary N) is 1. The summed E-state index contributed by atoms with van der Waals surface area (Å²) >= 11 is 0. The van der Waals surface area contributed by atoms with E-state index in [1.165, 1.54) is 0 Å². The molecule has 4 aromatic rings. The van der Waals surface area contributed by atoms with Crippen molar-refractivity contribution in [1.82, 2.24) is 25.0 Å². The molecule has 0 bridgehead atoms. The number of aromatic hydroxyl groups is 2. The largest absolute Gasteiger partial charge is 0.507 e. The van der Waals surface area contributed by atoms with Crippen molar-refractivity contribution in [1.29, 1.82) is 0 Å². The van der Waals surface area contributed by atoms with E-state index in [-0.39, 0.29) is 17.4 Å². The van der Waals surface area contributed by atoms with Crippen molar-refractivity contribution < 1.29 is 19.7 Å². The van der Waals surface area contributed by atoms with Gasteiger partial charge in [-0.3, -0.25) is 9.69 Å². The molecule has 1 fully saturated rings. The fourth-order valence-electron chi connectivity index (χ4n) is 4.14. The van der Waals surface area contributed by atoms with Gasteiger partial charge in [0.15, 0.2) is 11.6 Å². The second-order valence-electron chi connectivity index (χ2n) is 8.47. The number of rotatable bonds is 7. The Morgan fingerprint density at radius 2 is 1.61 bits per heavy atom. The Morgan fingerprint density at radius 1 is 0.917 bits per heavy atom. The van der Waals surface area contributed by atoms with E-state index in [0.29, 0.717) is 40.6 Å². The molecule has 1 aromatic heterocycles. The molecule has 0 saturated carbocycles. The first-order valence-corrected chi connectivity index (χ1v) is 11.8. The fraction of sp³-hybridized carbons (Fsp3) is 0.222. The third-order valence-corrected chi connectivity index (χ3v) is 6.07. The summed E-state index contributed by atoms with van der Waals surface area (Å²) in [4.78, 5) is 19.8. The monoisotopic (exact) mass is 485 g/mol. The lowest BCUT2D eigenvalue weighted by molar-refractivity contribution is 0.0383. The first-order valence-electron chi connectivity index (χ1n) is 11.8. The molecule has 1 amide bonds. The van der Waals surface area contributed by atoms with Gasteiger partial charge in [0.2, 0.25) is 0 Å². The van der Waals surface area contributed by atoms with E-state index in [2.05, 4.69) is 20.3 Å². The standard InChI is InChI=1S/C27H27N5O4/c33-23-10-3-1-8-21(23)25-29-26(22-9-2-4-11-24(22)34)32(30-25)20-7-5-6-19(18-20)27(35)28-12-13-31-14-16-36-17-15-31/h1-11,18,33-34H,12-17H2,(H,28,35). The van der Waals surface area contributed by atoms with Gasteiger partial charge < -0.3 is 20.3 Å². The molecule has 9 nitrogen and oxygen atoms in total. The topological polar surface area (TPSA) is 113 Å². The zero-order chi connectivity index (χ0) is 24.9. The van der Waals surface area contributed by atoms with Gasteiger partial charge in [-0.25, -0.2) is 9.67 Å². The molecule has 0 aliphatic carbocycles. The van der Waals surface area contributed by atoms with Gasteiger partial charge in [-0.05, 0) is 42.5 Å². The third kappa shape index (κ3) is 5.07. The molecule has 5 rings (SSSR count). The number of hydrogen-bond donors (Lipinski definition) is 3. The fourth-order valence-corrected chi connectivity index (χ4v) is 4.14. The number of hydrogen-bond acceptors (Lipinski definition) is 7. The van der Waals surface area contributed by atoms with Crippen LogP contribution in [0, 0.1) is 0 Å². The van der Waals surface area contributed by atoms with E-state index >= 15 is 0 Å². The minimum Gasteiger partial charge on any atom is -0.507 e. The Kier molecular flexibility index (Phi) is 6.92. The Labute approximate surface area is 208 Å². The molecular weight excluding hydrogens is 458 g/mol. The summed E-state index contributed by atoms with van der Waals surface area (Å²) in [5.74, 6) is 0.595. The predicted octanol–water partition coefficient (Wildman–Crippen LogP) is 3.07. The first kappa shape index (κ1) is 23.5. The van der Waals surface area contributed by atoms with Gasteiger partial charge in [0.1, 0.15) is 11.5 Å². The number of carbonyl (C=O) groups is 1. The minimum atomic E-state index is -0.185. The number of phenolic OH excluding ortho intramolecular Hbond substituents is 2. The first-order chi connectivity index (χ1) is 17.6. The summed E-state index contributed by atoms with van der Waals surface area (Å²) in [6, 6.07) is 20.7.